The van der Waals surface area contributed by atoms with Crippen molar-refractivity contribution in [1.82, 2.24) is 15.0 Å². The lowest BCUT2D eigenvalue weighted by Gasteiger charge is -2.12. The van der Waals surface area contributed by atoms with E-state index in [1.54, 1.807) is 60.7 Å². The fourth-order valence-corrected chi connectivity index (χ4v) is 3.53. The Morgan fingerprint density at radius 2 is 0.974 bits per heavy atom. The Hall–Kier alpha value is -5.64. The fourth-order valence-electron chi connectivity index (χ4n) is 3.53. The van der Waals surface area contributed by atoms with Crippen LogP contribution in [0.5, 0.6) is 5.75 Å². The van der Waals surface area contributed by atoms with Crippen LogP contribution in [0, 0.1) is 6.92 Å². The molecule has 0 aliphatic carbocycles. The molecule has 4 aromatic carbocycles. The topological polar surface area (TPSA) is 153 Å². The number of nitrogens with one attached hydrogen (secondary N) is 3. The molecule has 5 rings (SSSR count). The smallest absolute Gasteiger partial charge is 0.343 e. The minimum absolute atomic E-state index is 0.288. The standard InChI is InChI=1S/C29H26N8O2/c1-18-2-16-25(17-3-18)39-26(38)19-4-10-22(11-5-19)32-27-35-28(33-23-12-6-20(30)7-13-23)37-29(36-27)34-24-14-8-21(31)9-15-24/h2-17H,30-31H2,1H3,(H3,32,33,34,35,36,37). The van der Waals surface area contributed by atoms with E-state index in [4.69, 9.17) is 16.2 Å². The first-order valence-electron chi connectivity index (χ1n) is 12.1. The Labute approximate surface area is 225 Å². The van der Waals surface area contributed by atoms with Crippen molar-refractivity contribution in [2.24, 2.45) is 0 Å². The first kappa shape index (κ1) is 25.0. The quantitative estimate of drug-likeness (QED) is 0.0968. The molecule has 1 heterocycles. The van der Waals surface area contributed by atoms with Crippen LogP contribution in [0.25, 0.3) is 0 Å². The van der Waals surface area contributed by atoms with Gasteiger partial charge in [0.25, 0.3) is 0 Å². The van der Waals surface area contributed by atoms with Gasteiger partial charge in [-0.3, -0.25) is 0 Å². The number of rotatable bonds is 8. The highest BCUT2D eigenvalue weighted by Gasteiger charge is 2.11. The van der Waals surface area contributed by atoms with Crippen LogP contribution >= 0.6 is 0 Å². The lowest BCUT2D eigenvalue weighted by atomic mass is 10.2. The van der Waals surface area contributed by atoms with Crippen LogP contribution in [-0.2, 0) is 0 Å². The average Bonchev–Trinajstić information content (AvgIpc) is 2.93. The number of hydrogen-bond acceptors (Lipinski definition) is 10. The summed E-state index contributed by atoms with van der Waals surface area (Å²) in [5.41, 5.74) is 16.6. The third-order valence-electron chi connectivity index (χ3n) is 5.58. The number of nitrogens with zero attached hydrogens (tertiary/aromatic N) is 3. The number of benzene rings is 4. The molecule has 0 bridgehead atoms. The third-order valence-corrected chi connectivity index (χ3v) is 5.58. The van der Waals surface area contributed by atoms with Gasteiger partial charge in [0.2, 0.25) is 17.8 Å². The first-order valence-corrected chi connectivity index (χ1v) is 12.1. The Bertz CT molecular complexity index is 1510. The average molecular weight is 519 g/mol. The summed E-state index contributed by atoms with van der Waals surface area (Å²) in [7, 11) is 0. The molecule has 0 aliphatic rings. The summed E-state index contributed by atoms with van der Waals surface area (Å²) in [6.45, 7) is 1.97. The predicted octanol–water partition coefficient (Wildman–Crippen LogP) is 5.79. The molecule has 0 aliphatic heterocycles. The molecule has 1 aromatic heterocycles. The second-order valence-corrected chi connectivity index (χ2v) is 8.71. The van der Waals surface area contributed by atoms with Crippen molar-refractivity contribution in [1.29, 1.82) is 0 Å². The van der Waals surface area contributed by atoms with E-state index in [0.717, 1.165) is 16.9 Å². The number of aryl methyl sites for hydroxylation is 1. The molecule has 39 heavy (non-hydrogen) atoms. The van der Waals surface area contributed by atoms with Crippen molar-refractivity contribution in [3.05, 3.63) is 108 Å². The van der Waals surface area contributed by atoms with Crippen molar-refractivity contribution in [3.63, 3.8) is 0 Å². The predicted molar refractivity (Wildman–Crippen MR) is 154 cm³/mol. The van der Waals surface area contributed by atoms with Gasteiger partial charge < -0.3 is 32.2 Å². The summed E-state index contributed by atoms with van der Waals surface area (Å²) in [4.78, 5) is 26.0. The number of nitrogen functional groups attached to an aromatic ring is 2. The van der Waals surface area contributed by atoms with Gasteiger partial charge in [-0.2, -0.15) is 15.0 Å². The minimum atomic E-state index is -0.449. The summed E-state index contributed by atoms with van der Waals surface area (Å²) in [5.74, 6) is 0.952. The zero-order valence-electron chi connectivity index (χ0n) is 21.1. The number of nitrogens with two attached hydrogens (primary N) is 2. The largest absolute Gasteiger partial charge is 0.423 e. The lowest BCUT2D eigenvalue weighted by molar-refractivity contribution is 0.0734. The van der Waals surface area contributed by atoms with E-state index in [0.29, 0.717) is 40.3 Å². The fraction of sp³-hybridized carbons (Fsp3) is 0.0345. The molecule has 0 atom stereocenters. The number of ether oxygens (including phenoxy) is 1. The van der Waals surface area contributed by atoms with Crippen molar-refractivity contribution in [2.45, 2.75) is 6.92 Å². The van der Waals surface area contributed by atoms with E-state index in [-0.39, 0.29) is 5.95 Å². The van der Waals surface area contributed by atoms with Gasteiger partial charge in [0, 0.05) is 28.4 Å². The Morgan fingerprint density at radius 1 is 0.590 bits per heavy atom. The number of hydrogen-bond donors (Lipinski definition) is 5. The maximum Gasteiger partial charge on any atom is 0.343 e. The zero-order chi connectivity index (χ0) is 27.2. The summed E-state index contributed by atoms with van der Waals surface area (Å²) in [5, 5.41) is 9.49. The van der Waals surface area contributed by atoms with Gasteiger partial charge in [-0.05, 0) is 91.9 Å². The second-order valence-electron chi connectivity index (χ2n) is 8.71. The molecule has 10 nitrogen and oxygen atoms in total. The van der Waals surface area contributed by atoms with E-state index in [1.165, 1.54) is 0 Å². The molecule has 10 heteroatoms. The van der Waals surface area contributed by atoms with E-state index >= 15 is 0 Å². The van der Waals surface area contributed by atoms with Crippen LogP contribution in [-0.4, -0.2) is 20.9 Å². The maximum atomic E-state index is 12.5. The molecule has 7 N–H and O–H groups in total. The molecule has 0 saturated carbocycles. The second kappa shape index (κ2) is 11.2. The molecule has 0 fully saturated rings. The van der Waals surface area contributed by atoms with E-state index < -0.39 is 5.97 Å². The highest BCUT2D eigenvalue weighted by molar-refractivity contribution is 5.91. The molecule has 0 saturated heterocycles. The van der Waals surface area contributed by atoms with Crippen LogP contribution in [0.15, 0.2) is 97.1 Å². The SMILES string of the molecule is Cc1ccc(OC(=O)c2ccc(Nc3nc(Nc4ccc(N)cc4)nc(Nc4ccc(N)cc4)n3)cc2)cc1. The molecular weight excluding hydrogens is 492 g/mol. The normalized spacial score (nSPS) is 10.5. The molecule has 0 radical (unpaired) electrons. The number of carbonyl (C=O) groups is 1. The van der Waals surface area contributed by atoms with Crippen LogP contribution < -0.4 is 32.2 Å². The molecular formula is C29H26N8O2. The van der Waals surface area contributed by atoms with Gasteiger partial charge in [0.1, 0.15) is 5.75 Å². The molecule has 194 valence electrons. The van der Waals surface area contributed by atoms with Gasteiger partial charge in [-0.1, -0.05) is 17.7 Å². The molecule has 0 amide bonds. The molecule has 5 aromatic rings. The Balaban J connectivity index is 1.35. The zero-order valence-corrected chi connectivity index (χ0v) is 21.1. The van der Waals surface area contributed by atoms with E-state index in [1.807, 2.05) is 43.3 Å². The van der Waals surface area contributed by atoms with E-state index in [9.17, 15) is 4.79 Å². The van der Waals surface area contributed by atoms with Crippen LogP contribution in [0.1, 0.15) is 15.9 Å². The number of esters is 1. The summed E-state index contributed by atoms with van der Waals surface area (Å²) < 4.78 is 5.45. The summed E-state index contributed by atoms with van der Waals surface area (Å²) in [6.07, 6.45) is 0. The van der Waals surface area contributed by atoms with Gasteiger partial charge in [0.05, 0.1) is 5.56 Å². The van der Waals surface area contributed by atoms with Crippen molar-refractivity contribution >= 4 is 52.3 Å². The lowest BCUT2D eigenvalue weighted by Crippen LogP contribution is -2.09. The van der Waals surface area contributed by atoms with Crippen LogP contribution in [0.2, 0.25) is 0 Å². The highest BCUT2D eigenvalue weighted by Crippen LogP contribution is 2.23. The minimum Gasteiger partial charge on any atom is -0.423 e. The van der Waals surface area contributed by atoms with Crippen molar-refractivity contribution < 1.29 is 9.53 Å². The van der Waals surface area contributed by atoms with Gasteiger partial charge in [-0.25, -0.2) is 4.79 Å². The van der Waals surface area contributed by atoms with E-state index in [2.05, 4.69) is 30.9 Å². The number of aromatic nitrogens is 3. The monoisotopic (exact) mass is 518 g/mol. The van der Waals surface area contributed by atoms with Crippen LogP contribution in [0.3, 0.4) is 0 Å². The van der Waals surface area contributed by atoms with Crippen molar-refractivity contribution in [2.75, 3.05) is 27.4 Å². The highest BCUT2D eigenvalue weighted by atomic mass is 16.5. The first-order chi connectivity index (χ1) is 18.9. The summed E-state index contributed by atoms with van der Waals surface area (Å²) >= 11 is 0. The molecule has 0 spiro atoms. The third kappa shape index (κ3) is 6.77. The van der Waals surface area contributed by atoms with Gasteiger partial charge >= 0.3 is 5.97 Å². The van der Waals surface area contributed by atoms with Gasteiger partial charge in [-0.15, -0.1) is 0 Å². The van der Waals surface area contributed by atoms with Crippen molar-refractivity contribution in [3.8, 4) is 5.75 Å². The Morgan fingerprint density at radius 3 is 1.38 bits per heavy atom. The molecule has 0 unspecified atom stereocenters. The maximum absolute atomic E-state index is 12.5. The Kier molecular flexibility index (Phi) is 7.17. The van der Waals surface area contributed by atoms with Crippen LogP contribution in [0.4, 0.5) is 46.3 Å². The summed E-state index contributed by atoms with van der Waals surface area (Å²) in [6, 6.07) is 28.5. The van der Waals surface area contributed by atoms with Gasteiger partial charge in [0.15, 0.2) is 0 Å². The number of anilines is 8. The number of carbonyl (C=O) groups excluding carboxylic acids is 1.